The molecule has 0 aromatic carbocycles. The fourth-order valence-corrected chi connectivity index (χ4v) is 1.78. The number of carbonyl (C=O) groups is 2. The lowest BCUT2D eigenvalue weighted by molar-refractivity contribution is -0.145. The zero-order valence-electron chi connectivity index (χ0n) is 11.4. The predicted octanol–water partition coefficient (Wildman–Crippen LogP) is -0.0109. The van der Waals surface area contributed by atoms with Crippen LogP contribution in [0.5, 0.6) is 0 Å². The molecule has 1 aromatic heterocycles. The molecular formula is C12H20N4O3. The number of nitrogens with two attached hydrogens (primary N) is 1. The molecule has 19 heavy (non-hydrogen) atoms. The summed E-state index contributed by atoms with van der Waals surface area (Å²) in [7, 11) is 1.73. The number of amides is 1. The fourth-order valence-electron chi connectivity index (χ4n) is 1.78. The van der Waals surface area contributed by atoms with Crippen molar-refractivity contribution < 1.29 is 14.7 Å². The van der Waals surface area contributed by atoms with Crippen molar-refractivity contribution >= 4 is 11.9 Å². The van der Waals surface area contributed by atoms with E-state index >= 15 is 0 Å². The van der Waals surface area contributed by atoms with Gasteiger partial charge < -0.3 is 15.7 Å². The van der Waals surface area contributed by atoms with Crippen molar-refractivity contribution in [2.75, 3.05) is 13.1 Å². The Kier molecular flexibility index (Phi) is 5.05. The Balaban J connectivity index is 2.82. The highest BCUT2D eigenvalue weighted by Gasteiger charge is 2.25. The van der Waals surface area contributed by atoms with Gasteiger partial charge in [0.05, 0.1) is 6.20 Å². The molecule has 0 aliphatic rings. The number of carbonyl (C=O) groups excluding carboxylic acids is 1. The molecule has 1 rings (SSSR count). The summed E-state index contributed by atoms with van der Waals surface area (Å²) in [6, 6.07) is -0.883. The van der Waals surface area contributed by atoms with E-state index in [1.165, 1.54) is 11.1 Å². The van der Waals surface area contributed by atoms with Gasteiger partial charge in [-0.25, -0.2) is 0 Å². The van der Waals surface area contributed by atoms with Crippen molar-refractivity contribution in [1.82, 2.24) is 14.7 Å². The molecule has 0 fully saturated rings. The maximum Gasteiger partial charge on any atom is 0.323 e. The number of hydrogen-bond donors (Lipinski definition) is 2. The highest BCUT2D eigenvalue weighted by Crippen LogP contribution is 2.13. The smallest absolute Gasteiger partial charge is 0.323 e. The molecule has 0 bridgehead atoms. The molecule has 1 heterocycles. The Morgan fingerprint density at radius 2 is 2.16 bits per heavy atom. The Morgan fingerprint density at radius 1 is 1.53 bits per heavy atom. The Morgan fingerprint density at radius 3 is 2.58 bits per heavy atom. The van der Waals surface area contributed by atoms with E-state index in [0.29, 0.717) is 12.1 Å². The van der Waals surface area contributed by atoms with Crippen molar-refractivity contribution in [2.24, 2.45) is 18.7 Å². The number of aryl methyl sites for hydroxylation is 1. The van der Waals surface area contributed by atoms with Gasteiger partial charge in [0, 0.05) is 25.4 Å². The Labute approximate surface area is 112 Å². The number of aliphatic carboxylic acids is 1. The van der Waals surface area contributed by atoms with E-state index < -0.39 is 17.9 Å². The Bertz CT molecular complexity index is 456. The minimum Gasteiger partial charge on any atom is -0.480 e. The van der Waals surface area contributed by atoms with E-state index in [-0.39, 0.29) is 12.5 Å². The van der Waals surface area contributed by atoms with Gasteiger partial charge in [-0.1, -0.05) is 13.8 Å². The number of nitrogens with zero attached hydrogens (tertiary/aromatic N) is 3. The first-order chi connectivity index (χ1) is 8.81. The third-order valence-electron chi connectivity index (χ3n) is 2.57. The normalized spacial score (nSPS) is 12.5. The monoisotopic (exact) mass is 268 g/mol. The summed E-state index contributed by atoms with van der Waals surface area (Å²) < 4.78 is 1.55. The molecule has 1 atom stereocenters. The Hall–Kier alpha value is -1.89. The summed E-state index contributed by atoms with van der Waals surface area (Å²) in [6.07, 6.45) is 3.16. The summed E-state index contributed by atoms with van der Waals surface area (Å²) in [4.78, 5) is 24.3. The van der Waals surface area contributed by atoms with E-state index in [4.69, 9.17) is 10.8 Å². The minimum absolute atomic E-state index is 0.171. The lowest BCUT2D eigenvalue weighted by atomic mass is 10.1. The van der Waals surface area contributed by atoms with Crippen molar-refractivity contribution in [2.45, 2.75) is 19.9 Å². The maximum absolute atomic E-state index is 12.2. The molecular weight excluding hydrogens is 248 g/mol. The molecule has 0 saturated heterocycles. The summed E-state index contributed by atoms with van der Waals surface area (Å²) in [5, 5.41) is 12.8. The average molecular weight is 268 g/mol. The minimum atomic E-state index is -1.05. The third kappa shape index (κ3) is 4.36. The van der Waals surface area contributed by atoms with Crippen molar-refractivity contribution in [1.29, 1.82) is 0 Å². The second-order valence-corrected chi connectivity index (χ2v) is 4.93. The molecule has 3 N–H and O–H groups in total. The molecule has 1 aromatic rings. The van der Waals surface area contributed by atoms with Crippen molar-refractivity contribution in [3.8, 4) is 0 Å². The van der Waals surface area contributed by atoms with Crippen LogP contribution in [-0.4, -0.2) is 44.8 Å². The molecule has 0 aliphatic carbocycles. The number of carboxylic acid groups (broad SMARTS) is 1. The largest absolute Gasteiger partial charge is 0.480 e. The topological polar surface area (TPSA) is 101 Å². The van der Waals surface area contributed by atoms with Gasteiger partial charge in [0.1, 0.15) is 12.6 Å². The first-order valence-corrected chi connectivity index (χ1v) is 6.06. The molecule has 7 nitrogen and oxygen atoms in total. The van der Waals surface area contributed by atoms with Crippen LogP contribution in [-0.2, 0) is 16.6 Å². The van der Waals surface area contributed by atoms with Crippen LogP contribution in [0.2, 0.25) is 0 Å². The van der Waals surface area contributed by atoms with Gasteiger partial charge in [0.2, 0.25) is 5.91 Å². The van der Waals surface area contributed by atoms with Crippen LogP contribution in [0.15, 0.2) is 12.4 Å². The second kappa shape index (κ2) is 6.33. The standard InChI is InChI=1S/C12H20N4O3/c1-8(2)5-16(7-10(17)18)12(19)11(13)9-4-14-15(3)6-9/h4,6,8,11H,5,7,13H2,1-3H3,(H,17,18). The highest BCUT2D eigenvalue weighted by molar-refractivity contribution is 5.86. The average Bonchev–Trinajstić information content (AvgIpc) is 2.71. The first kappa shape index (κ1) is 15.2. The highest BCUT2D eigenvalue weighted by atomic mass is 16.4. The lowest BCUT2D eigenvalue weighted by Gasteiger charge is -2.25. The molecule has 106 valence electrons. The SMILES string of the molecule is CC(C)CN(CC(=O)O)C(=O)C(N)c1cnn(C)c1. The zero-order valence-corrected chi connectivity index (χ0v) is 11.4. The summed E-state index contributed by atoms with van der Waals surface area (Å²) in [5.74, 6) is -1.28. The van der Waals surface area contributed by atoms with Gasteiger partial charge in [0.15, 0.2) is 0 Å². The van der Waals surface area contributed by atoms with Gasteiger partial charge in [-0.3, -0.25) is 14.3 Å². The van der Waals surface area contributed by atoms with E-state index in [9.17, 15) is 9.59 Å². The molecule has 0 saturated carbocycles. The first-order valence-electron chi connectivity index (χ1n) is 6.06. The van der Waals surface area contributed by atoms with Gasteiger partial charge >= 0.3 is 5.97 Å². The van der Waals surface area contributed by atoms with Gasteiger partial charge in [-0.2, -0.15) is 5.10 Å². The van der Waals surface area contributed by atoms with E-state index in [0.717, 1.165) is 0 Å². The second-order valence-electron chi connectivity index (χ2n) is 4.93. The van der Waals surface area contributed by atoms with Crippen LogP contribution in [0, 0.1) is 5.92 Å². The molecule has 1 amide bonds. The van der Waals surface area contributed by atoms with Crippen LogP contribution >= 0.6 is 0 Å². The summed E-state index contributed by atoms with van der Waals surface area (Å²) >= 11 is 0. The number of aromatic nitrogens is 2. The molecule has 7 heteroatoms. The van der Waals surface area contributed by atoms with E-state index in [2.05, 4.69) is 5.10 Å². The molecule has 0 aliphatic heterocycles. The van der Waals surface area contributed by atoms with Crippen LogP contribution in [0.3, 0.4) is 0 Å². The summed E-state index contributed by atoms with van der Waals surface area (Å²) in [6.45, 7) is 3.85. The molecule has 1 unspecified atom stereocenters. The van der Waals surface area contributed by atoms with Gasteiger partial charge in [0.25, 0.3) is 0 Å². The number of hydrogen-bond acceptors (Lipinski definition) is 4. The van der Waals surface area contributed by atoms with Crippen LogP contribution < -0.4 is 5.73 Å². The van der Waals surface area contributed by atoms with Crippen LogP contribution in [0.1, 0.15) is 25.5 Å². The molecule has 0 spiro atoms. The molecule has 0 radical (unpaired) electrons. The van der Waals surface area contributed by atoms with Crippen molar-refractivity contribution in [3.05, 3.63) is 18.0 Å². The third-order valence-corrected chi connectivity index (χ3v) is 2.57. The van der Waals surface area contributed by atoms with Crippen molar-refractivity contribution in [3.63, 3.8) is 0 Å². The van der Waals surface area contributed by atoms with E-state index in [1.54, 1.807) is 17.9 Å². The van der Waals surface area contributed by atoms with E-state index in [1.807, 2.05) is 13.8 Å². The van der Waals surface area contributed by atoms with Gasteiger partial charge in [-0.15, -0.1) is 0 Å². The quantitative estimate of drug-likeness (QED) is 0.755. The fraction of sp³-hybridized carbons (Fsp3) is 0.583. The lowest BCUT2D eigenvalue weighted by Crippen LogP contribution is -2.43. The predicted molar refractivity (Wildman–Crippen MR) is 69.2 cm³/mol. The maximum atomic E-state index is 12.2. The van der Waals surface area contributed by atoms with Crippen LogP contribution in [0.4, 0.5) is 0 Å². The zero-order chi connectivity index (χ0) is 14.6. The summed E-state index contributed by atoms with van der Waals surface area (Å²) in [5.41, 5.74) is 6.44. The van der Waals surface area contributed by atoms with Gasteiger partial charge in [-0.05, 0) is 5.92 Å². The number of rotatable bonds is 6. The van der Waals surface area contributed by atoms with Crippen LogP contribution in [0.25, 0.3) is 0 Å². The number of carboxylic acids is 1.